The second kappa shape index (κ2) is 24.1. The van der Waals surface area contributed by atoms with Crippen LogP contribution in [0.4, 0.5) is 34.1 Å². The highest BCUT2D eigenvalue weighted by molar-refractivity contribution is 7.00. The van der Waals surface area contributed by atoms with Crippen LogP contribution < -0.4 is 26.2 Å². The van der Waals surface area contributed by atoms with Crippen molar-refractivity contribution in [1.29, 1.82) is 0 Å². The second-order valence-electron chi connectivity index (χ2n) is 30.1. The zero-order valence-corrected chi connectivity index (χ0v) is 58.8. The Hall–Kier alpha value is -12.4. The Balaban J connectivity index is 0.937. The van der Waals surface area contributed by atoms with Crippen molar-refractivity contribution in [2.45, 2.75) is 52.4 Å². The third kappa shape index (κ3) is 10.5. The van der Waals surface area contributed by atoms with Gasteiger partial charge in [-0.2, -0.15) is 0 Å². The molecule has 2 aliphatic rings. The van der Waals surface area contributed by atoms with Gasteiger partial charge in [0.15, 0.2) is 0 Å². The smallest absolute Gasteiger partial charge is 0.252 e. The number of benzene rings is 15. The molecular formula is C98H75BN4. The highest BCUT2D eigenvalue weighted by Gasteiger charge is 2.45. The molecule has 0 radical (unpaired) electrons. The van der Waals surface area contributed by atoms with Gasteiger partial charge in [0.25, 0.3) is 6.71 Å². The zero-order chi connectivity index (χ0) is 69.2. The molecule has 0 amide bonds. The van der Waals surface area contributed by atoms with Crippen molar-refractivity contribution in [2.75, 3.05) is 9.80 Å². The van der Waals surface area contributed by atoms with Crippen LogP contribution in [0.1, 0.15) is 52.7 Å². The Morgan fingerprint density at radius 3 is 0.961 bits per heavy atom. The summed E-state index contributed by atoms with van der Waals surface area (Å²) in [6, 6.07) is 130. The van der Waals surface area contributed by atoms with Crippen LogP contribution in [0.15, 0.2) is 346 Å². The fourth-order valence-corrected chi connectivity index (χ4v) is 16.6. The molecule has 0 aliphatic carbocycles. The Kier molecular flexibility index (Phi) is 14.5. The molecule has 0 spiro atoms. The van der Waals surface area contributed by atoms with Crippen molar-refractivity contribution < 1.29 is 0 Å². The molecular weight excluding hydrogens is 1240 g/mol. The summed E-state index contributed by atoms with van der Waals surface area (Å²) in [5.74, 6) is 0. The van der Waals surface area contributed by atoms with Gasteiger partial charge in [0.05, 0.1) is 22.1 Å². The summed E-state index contributed by atoms with van der Waals surface area (Å²) in [6.07, 6.45) is 0. The van der Waals surface area contributed by atoms with E-state index in [-0.39, 0.29) is 17.5 Å². The van der Waals surface area contributed by atoms with Crippen LogP contribution in [0.2, 0.25) is 0 Å². The number of hydrogen-bond donors (Lipinski definition) is 0. The molecule has 15 aromatic carbocycles. The van der Waals surface area contributed by atoms with Crippen LogP contribution in [0.25, 0.3) is 122 Å². The van der Waals surface area contributed by atoms with Gasteiger partial charge in [-0.15, -0.1) is 0 Å². The van der Waals surface area contributed by atoms with E-state index in [0.717, 1.165) is 112 Å². The molecule has 4 nitrogen and oxygen atoms in total. The predicted molar refractivity (Wildman–Crippen MR) is 439 cm³/mol. The summed E-state index contributed by atoms with van der Waals surface area (Å²) in [5.41, 5.74) is 33.5. The number of nitrogens with zero attached hydrogens (tertiary/aromatic N) is 4. The quantitative estimate of drug-likeness (QED) is 0.127. The van der Waals surface area contributed by atoms with Gasteiger partial charge in [-0.05, 0) is 208 Å². The Morgan fingerprint density at radius 2 is 0.534 bits per heavy atom. The van der Waals surface area contributed by atoms with Crippen molar-refractivity contribution >= 4 is 101 Å². The van der Waals surface area contributed by atoms with Crippen LogP contribution in [-0.4, -0.2) is 15.8 Å². The summed E-state index contributed by atoms with van der Waals surface area (Å²) in [5, 5.41) is 4.89. The minimum Gasteiger partial charge on any atom is -0.311 e. The molecule has 2 aromatic heterocycles. The average Bonchev–Trinajstić information content (AvgIpc) is 1.09. The molecule has 5 heteroatoms. The van der Waals surface area contributed by atoms with E-state index in [1.807, 2.05) is 0 Å². The standard InChI is InChI=1S/C98H75BN4/c1-97(2,3)76-52-74(53-77(61-76)98(4,5)6)75-59-94-96-95(60-75)103(81-56-72(67-34-18-10-19-35-67)51-73(57-81)68-36-20-11-21-37-68)93-63-79(101-90-43-27-24-40-84(90)85-62-78(46-49-91(85)101)100-88-41-25-22-38-82(88)83-39-23-26-42-89(83)100)45-48-87(93)99(96)86-47-44-69(64-28-12-7-13-29-64)58-92(86)102(94)80-54-70(65-30-14-8-15-31-65)50-71(55-80)66-32-16-9-17-33-66/h7-63H,1-6H3. The van der Waals surface area contributed by atoms with Crippen LogP contribution in [0.3, 0.4) is 0 Å². The number of para-hydroxylation sites is 3. The van der Waals surface area contributed by atoms with Crippen molar-refractivity contribution in [1.82, 2.24) is 9.13 Å². The summed E-state index contributed by atoms with van der Waals surface area (Å²) < 4.78 is 4.96. The van der Waals surface area contributed by atoms with Gasteiger partial charge in [-0.1, -0.05) is 284 Å². The predicted octanol–water partition coefficient (Wildman–Crippen LogP) is 24.6. The Morgan fingerprint density at radius 1 is 0.214 bits per heavy atom. The van der Waals surface area contributed by atoms with Crippen LogP contribution in [0.5, 0.6) is 0 Å². The molecule has 2 aliphatic heterocycles. The molecule has 19 rings (SSSR count). The number of aromatic nitrogens is 2. The van der Waals surface area contributed by atoms with Gasteiger partial charge in [-0.3, -0.25) is 0 Å². The van der Waals surface area contributed by atoms with Crippen molar-refractivity contribution in [2.24, 2.45) is 0 Å². The van der Waals surface area contributed by atoms with Gasteiger partial charge < -0.3 is 18.9 Å². The first-order valence-electron chi connectivity index (χ1n) is 36.1. The number of rotatable bonds is 10. The lowest BCUT2D eigenvalue weighted by Gasteiger charge is -2.45. The van der Waals surface area contributed by atoms with Gasteiger partial charge in [0.1, 0.15) is 0 Å². The summed E-state index contributed by atoms with van der Waals surface area (Å²) in [6.45, 7) is 13.9. The first-order chi connectivity index (χ1) is 50.3. The highest BCUT2D eigenvalue weighted by atomic mass is 15.2. The van der Waals surface area contributed by atoms with Gasteiger partial charge in [-0.25, -0.2) is 0 Å². The topological polar surface area (TPSA) is 16.3 Å². The number of anilines is 6. The molecule has 0 saturated heterocycles. The van der Waals surface area contributed by atoms with E-state index < -0.39 is 0 Å². The Bertz CT molecular complexity index is 5990. The fraction of sp³-hybridized carbons (Fsp3) is 0.0816. The van der Waals surface area contributed by atoms with Crippen LogP contribution in [-0.2, 0) is 10.8 Å². The maximum Gasteiger partial charge on any atom is 0.252 e. The molecule has 0 N–H and O–H groups in total. The average molecular weight is 1320 g/mol. The minimum absolute atomic E-state index is 0.138. The van der Waals surface area contributed by atoms with Crippen LogP contribution >= 0.6 is 0 Å². The SMILES string of the molecule is CC(C)(C)c1cc(-c2cc3c4c(c2)N(c2cc(-c5ccccc5)cc(-c5ccccc5)c2)c2cc(-n5c6ccccc6c6cc(-n7c8ccccc8c8ccccc87)ccc65)ccc2B4c2ccc(-c4ccccc4)cc2N3c2cc(-c3ccccc3)cc(-c3ccccc3)c2)cc(C(C)(C)C)c1. The first-order valence-corrected chi connectivity index (χ1v) is 36.1. The lowest BCUT2D eigenvalue weighted by Crippen LogP contribution is -2.61. The molecule has 17 aromatic rings. The lowest BCUT2D eigenvalue weighted by atomic mass is 9.33. The zero-order valence-electron chi connectivity index (χ0n) is 58.8. The third-order valence-corrected chi connectivity index (χ3v) is 21.7. The van der Waals surface area contributed by atoms with E-state index in [4.69, 9.17) is 0 Å². The molecule has 0 unspecified atom stereocenters. The van der Waals surface area contributed by atoms with E-state index in [0.29, 0.717) is 0 Å². The highest BCUT2D eigenvalue weighted by Crippen LogP contribution is 2.51. The van der Waals surface area contributed by atoms with E-state index in [2.05, 4.69) is 406 Å². The molecule has 0 atom stereocenters. The summed E-state index contributed by atoms with van der Waals surface area (Å²) in [7, 11) is 0. The Labute approximate surface area is 603 Å². The number of hydrogen-bond acceptors (Lipinski definition) is 2. The van der Waals surface area contributed by atoms with Crippen molar-refractivity contribution in [3.8, 4) is 78.1 Å². The van der Waals surface area contributed by atoms with Gasteiger partial charge >= 0.3 is 0 Å². The van der Waals surface area contributed by atoms with Gasteiger partial charge in [0, 0.05) is 67.0 Å². The normalized spacial score (nSPS) is 12.7. The number of fused-ring (bicyclic) bond motifs is 10. The molecule has 0 fully saturated rings. The van der Waals surface area contributed by atoms with Crippen LogP contribution in [0, 0.1) is 0 Å². The summed E-state index contributed by atoms with van der Waals surface area (Å²) in [4.78, 5) is 5.29. The second-order valence-corrected chi connectivity index (χ2v) is 30.1. The molecule has 4 heterocycles. The van der Waals surface area contributed by atoms with Crippen molar-refractivity contribution in [3.63, 3.8) is 0 Å². The van der Waals surface area contributed by atoms with Crippen molar-refractivity contribution in [3.05, 3.63) is 357 Å². The van der Waals surface area contributed by atoms with E-state index in [1.165, 1.54) is 71.2 Å². The third-order valence-electron chi connectivity index (χ3n) is 21.7. The van der Waals surface area contributed by atoms with E-state index in [1.54, 1.807) is 0 Å². The van der Waals surface area contributed by atoms with E-state index in [9.17, 15) is 0 Å². The maximum atomic E-state index is 2.65. The minimum atomic E-state index is -0.204. The molecule has 490 valence electrons. The monoisotopic (exact) mass is 1320 g/mol. The summed E-state index contributed by atoms with van der Waals surface area (Å²) >= 11 is 0. The lowest BCUT2D eigenvalue weighted by molar-refractivity contribution is 0.569. The first kappa shape index (κ1) is 61.6. The van der Waals surface area contributed by atoms with Gasteiger partial charge in [0.2, 0.25) is 0 Å². The molecule has 0 bridgehead atoms. The largest absolute Gasteiger partial charge is 0.311 e. The molecule has 0 saturated carbocycles. The van der Waals surface area contributed by atoms with E-state index >= 15 is 0 Å². The maximum absolute atomic E-state index is 2.65. The fourth-order valence-electron chi connectivity index (χ4n) is 16.6. The molecule has 103 heavy (non-hydrogen) atoms.